The predicted octanol–water partition coefficient (Wildman–Crippen LogP) is 6.61. The maximum Gasteiger partial charge on any atom is 0.279 e. The van der Waals surface area contributed by atoms with Crippen LogP contribution in [0.3, 0.4) is 0 Å². The van der Waals surface area contributed by atoms with Gasteiger partial charge in [0.1, 0.15) is 5.56 Å². The lowest BCUT2D eigenvalue weighted by Gasteiger charge is -2.24. The largest absolute Gasteiger partial charge is 0.513 e. The molecule has 2 aromatic heterocycles. The number of halogens is 2. The van der Waals surface area contributed by atoms with Gasteiger partial charge in [-0.3, -0.25) is 14.5 Å². The Hall–Kier alpha value is -4.18. The molecule has 2 aromatic carbocycles. The van der Waals surface area contributed by atoms with Crippen molar-refractivity contribution in [3.8, 4) is 28.3 Å². The van der Waals surface area contributed by atoms with E-state index in [0.717, 1.165) is 16.8 Å². The number of aliphatic hydroxyl groups is 1. The molecule has 11 heteroatoms. The molecule has 0 bridgehead atoms. The summed E-state index contributed by atoms with van der Waals surface area (Å²) >= 11 is 13.8. The summed E-state index contributed by atoms with van der Waals surface area (Å²) in [7, 11) is 3.06. The molecule has 0 spiro atoms. The average Bonchev–Trinajstić information content (AvgIpc) is 3.29. The van der Waals surface area contributed by atoms with Gasteiger partial charge in [0, 0.05) is 61.1 Å². The zero-order valence-electron chi connectivity index (χ0n) is 24.9. The zero-order valence-corrected chi connectivity index (χ0v) is 26.4. The van der Waals surface area contributed by atoms with Crippen molar-refractivity contribution in [3.05, 3.63) is 105 Å². The summed E-state index contributed by atoms with van der Waals surface area (Å²) < 4.78 is 6.77. The van der Waals surface area contributed by atoms with E-state index in [9.17, 15) is 14.7 Å². The number of pyridine rings is 1. The normalized spacial score (nSPS) is 16.1. The lowest BCUT2D eigenvalue weighted by Crippen LogP contribution is -2.28. The molecule has 3 heterocycles. The molecule has 1 amide bonds. The maximum atomic E-state index is 12.9. The number of nitrogens with one attached hydrogen (secondary N) is 1. The van der Waals surface area contributed by atoms with E-state index in [-0.39, 0.29) is 27.7 Å². The molecule has 1 fully saturated rings. The van der Waals surface area contributed by atoms with E-state index in [0.29, 0.717) is 52.1 Å². The topological polar surface area (TPSA) is 110 Å². The monoisotopic (exact) mass is 633 g/mol. The Balaban J connectivity index is 1.43. The molecule has 0 aliphatic carbocycles. The number of hydrogen-bond acceptors (Lipinski definition) is 7. The lowest BCUT2D eigenvalue weighted by atomic mass is 9.81. The van der Waals surface area contributed by atoms with Crippen LogP contribution in [0.1, 0.15) is 29.8 Å². The number of likely N-dealkylation sites (tertiary alicyclic amines) is 1. The van der Waals surface area contributed by atoms with E-state index in [1.807, 2.05) is 30.3 Å². The van der Waals surface area contributed by atoms with Crippen molar-refractivity contribution in [1.29, 1.82) is 0 Å². The van der Waals surface area contributed by atoms with E-state index in [1.54, 1.807) is 25.3 Å². The summed E-state index contributed by atoms with van der Waals surface area (Å²) in [4.78, 5) is 32.3. The molecule has 5 rings (SSSR count). The van der Waals surface area contributed by atoms with Gasteiger partial charge in [-0.2, -0.15) is 5.10 Å². The van der Waals surface area contributed by atoms with E-state index in [4.69, 9.17) is 32.9 Å². The fourth-order valence-corrected chi connectivity index (χ4v) is 6.33. The van der Waals surface area contributed by atoms with Crippen LogP contribution in [-0.4, -0.2) is 50.9 Å². The second kappa shape index (κ2) is 12.4. The second-order valence-corrected chi connectivity index (χ2v) is 12.3. The van der Waals surface area contributed by atoms with Gasteiger partial charge in [0.15, 0.2) is 0 Å². The van der Waals surface area contributed by atoms with Crippen LogP contribution in [0, 0.1) is 11.3 Å². The van der Waals surface area contributed by atoms with Crippen molar-refractivity contribution in [2.75, 3.05) is 25.5 Å². The molecule has 1 aliphatic heterocycles. The zero-order chi connectivity index (χ0) is 31.8. The molecule has 9 nitrogen and oxygen atoms in total. The fourth-order valence-electron chi connectivity index (χ4n) is 5.73. The number of rotatable bonds is 8. The van der Waals surface area contributed by atoms with Crippen LogP contribution in [0.25, 0.3) is 22.4 Å². The number of aryl methyl sites for hydroxylation is 1. The number of hydrogen-bond donors (Lipinski definition) is 2. The van der Waals surface area contributed by atoms with Crippen LogP contribution in [0.5, 0.6) is 5.88 Å². The molecular weight excluding hydrogens is 601 g/mol. The standard InChI is InChI=1S/C33H33Cl2N5O4/c1-19(41)25-17-40(18-33(25,2)3)16-20-12-13-26(38-31(20)44-5)23-10-6-8-21(28(23)34)22-9-7-11-27(29(22)35)37-30(42)24-14-15-36-39(4)32(24)43/h6-15,25,41H,1,16-18H2,2-5H3,(H,37,42)/t25-/m0/s1. The van der Waals surface area contributed by atoms with E-state index >= 15 is 0 Å². The third-order valence-corrected chi connectivity index (χ3v) is 8.82. The minimum atomic E-state index is -0.599. The number of aliphatic hydroxyl groups excluding tert-OH is 1. The van der Waals surface area contributed by atoms with Gasteiger partial charge in [-0.15, -0.1) is 0 Å². The van der Waals surface area contributed by atoms with Crippen molar-refractivity contribution in [2.24, 2.45) is 18.4 Å². The summed E-state index contributed by atoms with van der Waals surface area (Å²) in [5, 5.41) is 17.4. The number of methoxy groups -OCH3 is 1. The van der Waals surface area contributed by atoms with Gasteiger partial charge in [-0.25, -0.2) is 9.67 Å². The SMILES string of the molecule is C=C(O)[C@@H]1CN(Cc2ccc(-c3cccc(-c4cccc(NC(=O)c5ccnn(C)c5=O)c4Cl)c3Cl)nc2OC)CC1(C)C. The molecule has 228 valence electrons. The molecule has 0 unspecified atom stereocenters. The lowest BCUT2D eigenvalue weighted by molar-refractivity contribution is 0.102. The van der Waals surface area contributed by atoms with Crippen LogP contribution >= 0.6 is 23.2 Å². The number of ether oxygens (including phenoxy) is 1. The van der Waals surface area contributed by atoms with Crippen LogP contribution in [0.2, 0.25) is 10.0 Å². The first-order valence-corrected chi connectivity index (χ1v) is 14.7. The number of carbonyl (C=O) groups excluding carboxylic acids is 1. The molecule has 1 atom stereocenters. The molecular formula is C33H33Cl2N5O4. The average molecular weight is 635 g/mol. The summed E-state index contributed by atoms with van der Waals surface area (Å²) in [5.41, 5.74) is 3.11. The Morgan fingerprint density at radius 1 is 1.09 bits per heavy atom. The van der Waals surface area contributed by atoms with Gasteiger partial charge >= 0.3 is 0 Å². The Morgan fingerprint density at radius 3 is 2.45 bits per heavy atom. The number of carbonyl (C=O) groups is 1. The van der Waals surface area contributed by atoms with Crippen molar-refractivity contribution < 1.29 is 14.6 Å². The highest BCUT2D eigenvalue weighted by molar-refractivity contribution is 6.39. The number of nitrogens with zero attached hydrogens (tertiary/aromatic N) is 4. The number of amides is 1. The molecule has 0 saturated carbocycles. The first kappa shape index (κ1) is 31.3. The molecule has 2 N–H and O–H groups in total. The smallest absolute Gasteiger partial charge is 0.279 e. The van der Waals surface area contributed by atoms with Crippen LogP contribution in [-0.2, 0) is 13.6 Å². The van der Waals surface area contributed by atoms with Gasteiger partial charge in [0.05, 0.1) is 34.3 Å². The molecule has 1 aliphatic rings. The van der Waals surface area contributed by atoms with Gasteiger partial charge in [-0.05, 0) is 23.6 Å². The van der Waals surface area contributed by atoms with Crippen LogP contribution in [0.4, 0.5) is 5.69 Å². The van der Waals surface area contributed by atoms with Gasteiger partial charge < -0.3 is 15.2 Å². The summed E-state index contributed by atoms with van der Waals surface area (Å²) in [6.07, 6.45) is 1.38. The number of benzene rings is 2. The predicted molar refractivity (Wildman–Crippen MR) is 173 cm³/mol. The summed E-state index contributed by atoms with van der Waals surface area (Å²) in [6, 6.07) is 16.0. The second-order valence-electron chi connectivity index (χ2n) is 11.5. The highest BCUT2D eigenvalue weighted by Gasteiger charge is 2.41. The number of aromatic nitrogens is 3. The van der Waals surface area contributed by atoms with Gasteiger partial charge in [0.25, 0.3) is 11.5 Å². The Labute approximate surface area is 265 Å². The minimum absolute atomic E-state index is 0.0103. The minimum Gasteiger partial charge on any atom is -0.513 e. The summed E-state index contributed by atoms with van der Waals surface area (Å²) in [5.74, 6) is 0.0829. The Bertz CT molecular complexity index is 1820. The van der Waals surface area contributed by atoms with E-state index in [1.165, 1.54) is 19.3 Å². The Kier molecular flexibility index (Phi) is 8.83. The highest BCUT2D eigenvalue weighted by atomic mass is 35.5. The van der Waals surface area contributed by atoms with Crippen molar-refractivity contribution in [1.82, 2.24) is 19.7 Å². The van der Waals surface area contributed by atoms with Gasteiger partial charge in [-0.1, -0.05) is 80.0 Å². The Morgan fingerprint density at radius 2 is 1.77 bits per heavy atom. The van der Waals surface area contributed by atoms with Crippen molar-refractivity contribution >= 4 is 34.8 Å². The van der Waals surface area contributed by atoms with Crippen molar-refractivity contribution in [3.63, 3.8) is 0 Å². The van der Waals surface area contributed by atoms with Crippen LogP contribution < -0.4 is 15.6 Å². The van der Waals surface area contributed by atoms with Crippen LogP contribution in [0.15, 0.2) is 77.9 Å². The molecule has 4 aromatic rings. The molecule has 44 heavy (non-hydrogen) atoms. The summed E-state index contributed by atoms with van der Waals surface area (Å²) in [6.45, 7) is 10.1. The first-order valence-electron chi connectivity index (χ1n) is 14.0. The first-order chi connectivity index (χ1) is 20.9. The van der Waals surface area contributed by atoms with Gasteiger partial charge in [0.2, 0.25) is 5.88 Å². The van der Waals surface area contributed by atoms with E-state index in [2.05, 4.69) is 35.7 Å². The maximum absolute atomic E-state index is 12.9. The van der Waals surface area contributed by atoms with E-state index < -0.39 is 11.5 Å². The third-order valence-electron chi connectivity index (χ3n) is 8.01. The fraction of sp³-hybridized carbons (Fsp3) is 0.273. The number of anilines is 1. The molecule has 1 saturated heterocycles. The third kappa shape index (κ3) is 6.08. The van der Waals surface area contributed by atoms with Crippen molar-refractivity contribution in [2.45, 2.75) is 20.4 Å². The highest BCUT2D eigenvalue weighted by Crippen LogP contribution is 2.42. The molecule has 0 radical (unpaired) electrons. The quantitative estimate of drug-likeness (QED) is 0.210.